The first kappa shape index (κ1) is 11.3. The molecule has 0 radical (unpaired) electrons. The molecule has 0 N–H and O–H groups in total. The fourth-order valence-electron chi connectivity index (χ4n) is 2.21. The molecule has 1 fully saturated rings. The largest absolute Gasteiger partial charge is 0.373 e. The standard InChI is InChI=1S/C14H18O2/c1-11-9-13(15)7-8-14(11)16-10-12-5-3-2-4-6-12/h2-6,11,14H,7-10H2,1H3. The number of hydrogen-bond donors (Lipinski definition) is 0. The van der Waals surface area contributed by atoms with Crippen LogP contribution in [0.25, 0.3) is 0 Å². The van der Waals surface area contributed by atoms with Crippen LogP contribution >= 0.6 is 0 Å². The van der Waals surface area contributed by atoms with Gasteiger partial charge in [0.05, 0.1) is 12.7 Å². The second-order valence-electron chi connectivity index (χ2n) is 4.59. The molecular weight excluding hydrogens is 200 g/mol. The third kappa shape index (κ3) is 2.92. The average Bonchev–Trinajstić information content (AvgIpc) is 2.29. The summed E-state index contributed by atoms with van der Waals surface area (Å²) in [4.78, 5) is 11.2. The van der Waals surface area contributed by atoms with Crippen LogP contribution < -0.4 is 0 Å². The Balaban J connectivity index is 1.84. The minimum Gasteiger partial charge on any atom is -0.373 e. The van der Waals surface area contributed by atoms with Crippen molar-refractivity contribution in [3.05, 3.63) is 35.9 Å². The number of carbonyl (C=O) groups is 1. The van der Waals surface area contributed by atoms with Crippen LogP contribution in [0.5, 0.6) is 0 Å². The van der Waals surface area contributed by atoms with Gasteiger partial charge in [0.25, 0.3) is 0 Å². The molecule has 0 aromatic heterocycles. The molecule has 0 saturated heterocycles. The Hall–Kier alpha value is -1.15. The van der Waals surface area contributed by atoms with Gasteiger partial charge in [-0.05, 0) is 17.9 Å². The van der Waals surface area contributed by atoms with E-state index in [0.717, 1.165) is 6.42 Å². The van der Waals surface area contributed by atoms with Crippen molar-refractivity contribution in [2.24, 2.45) is 5.92 Å². The molecule has 0 heterocycles. The number of hydrogen-bond acceptors (Lipinski definition) is 2. The van der Waals surface area contributed by atoms with Gasteiger partial charge in [-0.3, -0.25) is 4.79 Å². The first-order valence-electron chi connectivity index (χ1n) is 5.93. The SMILES string of the molecule is CC1CC(=O)CCC1OCc1ccccc1. The lowest BCUT2D eigenvalue weighted by atomic mass is 9.87. The second-order valence-corrected chi connectivity index (χ2v) is 4.59. The molecule has 1 aromatic carbocycles. The van der Waals surface area contributed by atoms with Gasteiger partial charge >= 0.3 is 0 Å². The topological polar surface area (TPSA) is 26.3 Å². The Morgan fingerprint density at radius 2 is 2.06 bits per heavy atom. The van der Waals surface area contributed by atoms with Crippen LogP contribution in [0.4, 0.5) is 0 Å². The summed E-state index contributed by atoms with van der Waals surface area (Å²) in [7, 11) is 0. The summed E-state index contributed by atoms with van der Waals surface area (Å²) >= 11 is 0. The zero-order chi connectivity index (χ0) is 11.4. The van der Waals surface area contributed by atoms with E-state index >= 15 is 0 Å². The monoisotopic (exact) mass is 218 g/mol. The molecule has 1 aliphatic carbocycles. The molecule has 0 aliphatic heterocycles. The highest BCUT2D eigenvalue weighted by atomic mass is 16.5. The highest BCUT2D eigenvalue weighted by molar-refractivity contribution is 5.79. The van der Waals surface area contributed by atoms with Gasteiger partial charge in [0, 0.05) is 12.8 Å². The van der Waals surface area contributed by atoms with Crippen LogP contribution in [0, 0.1) is 5.92 Å². The summed E-state index contributed by atoms with van der Waals surface area (Å²) in [5.41, 5.74) is 1.20. The summed E-state index contributed by atoms with van der Waals surface area (Å²) in [5, 5.41) is 0. The Kier molecular flexibility index (Phi) is 3.73. The summed E-state index contributed by atoms with van der Waals surface area (Å²) < 4.78 is 5.88. The molecule has 1 aromatic rings. The highest BCUT2D eigenvalue weighted by Crippen LogP contribution is 2.24. The van der Waals surface area contributed by atoms with E-state index in [1.807, 2.05) is 18.2 Å². The molecule has 2 rings (SSSR count). The number of Topliss-reactive ketones (excluding diaryl/α,β-unsaturated/α-hetero) is 1. The second kappa shape index (κ2) is 5.26. The molecule has 2 atom stereocenters. The predicted octanol–water partition coefficient (Wildman–Crippen LogP) is 2.96. The van der Waals surface area contributed by atoms with E-state index < -0.39 is 0 Å². The third-order valence-corrected chi connectivity index (χ3v) is 3.20. The number of ketones is 1. The van der Waals surface area contributed by atoms with Crippen LogP contribution in [0.1, 0.15) is 31.7 Å². The summed E-state index contributed by atoms with van der Waals surface area (Å²) in [6.45, 7) is 2.76. The van der Waals surface area contributed by atoms with Crippen molar-refractivity contribution in [3.63, 3.8) is 0 Å². The Morgan fingerprint density at radius 3 is 2.75 bits per heavy atom. The van der Waals surface area contributed by atoms with Gasteiger partial charge < -0.3 is 4.74 Å². The van der Waals surface area contributed by atoms with Gasteiger partial charge in [0.1, 0.15) is 5.78 Å². The van der Waals surface area contributed by atoms with Gasteiger partial charge in [-0.2, -0.15) is 0 Å². The van der Waals surface area contributed by atoms with E-state index in [2.05, 4.69) is 19.1 Å². The van der Waals surface area contributed by atoms with Gasteiger partial charge in [0.15, 0.2) is 0 Å². The normalized spacial score (nSPS) is 25.7. The first-order chi connectivity index (χ1) is 7.75. The van der Waals surface area contributed by atoms with Crippen molar-refractivity contribution in [2.75, 3.05) is 0 Å². The number of ether oxygens (including phenoxy) is 1. The molecule has 16 heavy (non-hydrogen) atoms. The highest BCUT2D eigenvalue weighted by Gasteiger charge is 2.26. The first-order valence-corrected chi connectivity index (χ1v) is 5.93. The van der Waals surface area contributed by atoms with E-state index in [0.29, 0.717) is 31.1 Å². The van der Waals surface area contributed by atoms with Crippen molar-refractivity contribution >= 4 is 5.78 Å². The zero-order valence-corrected chi connectivity index (χ0v) is 9.69. The van der Waals surface area contributed by atoms with Crippen molar-refractivity contribution < 1.29 is 9.53 Å². The van der Waals surface area contributed by atoms with Gasteiger partial charge in [-0.15, -0.1) is 0 Å². The average molecular weight is 218 g/mol. The Bertz CT molecular complexity index is 345. The molecule has 86 valence electrons. The smallest absolute Gasteiger partial charge is 0.133 e. The maximum atomic E-state index is 11.2. The summed E-state index contributed by atoms with van der Waals surface area (Å²) in [6, 6.07) is 10.2. The molecule has 0 spiro atoms. The lowest BCUT2D eigenvalue weighted by Crippen LogP contribution is -2.29. The van der Waals surface area contributed by atoms with E-state index in [1.54, 1.807) is 0 Å². The van der Waals surface area contributed by atoms with Crippen LogP contribution in [0.15, 0.2) is 30.3 Å². The minimum atomic E-state index is 0.248. The maximum Gasteiger partial charge on any atom is 0.133 e. The van der Waals surface area contributed by atoms with Gasteiger partial charge in [0.2, 0.25) is 0 Å². The van der Waals surface area contributed by atoms with E-state index in [1.165, 1.54) is 5.56 Å². The third-order valence-electron chi connectivity index (χ3n) is 3.20. The van der Waals surface area contributed by atoms with Crippen LogP contribution in [0.3, 0.4) is 0 Å². The number of benzene rings is 1. The summed E-state index contributed by atoms with van der Waals surface area (Å²) in [6.07, 6.45) is 2.49. The van der Waals surface area contributed by atoms with E-state index in [9.17, 15) is 4.79 Å². The Labute approximate surface area is 96.6 Å². The quantitative estimate of drug-likeness (QED) is 0.779. The molecule has 2 nitrogen and oxygen atoms in total. The Morgan fingerprint density at radius 1 is 1.31 bits per heavy atom. The molecular formula is C14H18O2. The van der Waals surface area contributed by atoms with Crippen molar-refractivity contribution in [1.82, 2.24) is 0 Å². The number of carbonyl (C=O) groups excluding carboxylic acids is 1. The van der Waals surface area contributed by atoms with Crippen LogP contribution in [-0.4, -0.2) is 11.9 Å². The van der Waals surface area contributed by atoms with Crippen molar-refractivity contribution in [1.29, 1.82) is 0 Å². The number of rotatable bonds is 3. The van der Waals surface area contributed by atoms with Gasteiger partial charge in [-0.1, -0.05) is 37.3 Å². The minimum absolute atomic E-state index is 0.248. The van der Waals surface area contributed by atoms with Gasteiger partial charge in [-0.25, -0.2) is 0 Å². The van der Waals surface area contributed by atoms with E-state index in [-0.39, 0.29) is 6.10 Å². The van der Waals surface area contributed by atoms with Crippen LogP contribution in [0.2, 0.25) is 0 Å². The molecule has 2 unspecified atom stereocenters. The summed E-state index contributed by atoms with van der Waals surface area (Å²) in [5.74, 6) is 0.747. The van der Waals surface area contributed by atoms with Crippen molar-refractivity contribution in [3.8, 4) is 0 Å². The molecule has 1 aliphatic rings. The zero-order valence-electron chi connectivity index (χ0n) is 9.69. The lowest BCUT2D eigenvalue weighted by molar-refractivity contribution is -0.126. The fourth-order valence-corrected chi connectivity index (χ4v) is 2.21. The lowest BCUT2D eigenvalue weighted by Gasteiger charge is -2.28. The van der Waals surface area contributed by atoms with Crippen LogP contribution in [-0.2, 0) is 16.1 Å². The maximum absolute atomic E-state index is 11.2. The molecule has 2 heteroatoms. The van der Waals surface area contributed by atoms with E-state index in [4.69, 9.17) is 4.74 Å². The van der Waals surface area contributed by atoms with Crippen molar-refractivity contribution in [2.45, 2.75) is 38.9 Å². The molecule has 0 bridgehead atoms. The molecule has 0 amide bonds. The fraction of sp³-hybridized carbons (Fsp3) is 0.500. The molecule has 1 saturated carbocycles. The predicted molar refractivity (Wildman–Crippen MR) is 63.0 cm³/mol.